The van der Waals surface area contributed by atoms with Crippen LogP contribution in [0.2, 0.25) is 0 Å². The monoisotopic (exact) mass is 547 g/mol. The van der Waals surface area contributed by atoms with Crippen LogP contribution >= 0.6 is 0 Å². The number of hydrogen-bond donors (Lipinski definition) is 4. The first kappa shape index (κ1) is 28.7. The van der Waals surface area contributed by atoms with Crippen LogP contribution in [-0.2, 0) is 16.1 Å². The highest BCUT2D eigenvalue weighted by Gasteiger charge is 2.36. The lowest BCUT2D eigenvalue weighted by Gasteiger charge is -2.28. The standard InChI is InChI=1S/C30H34FN5O4/c1-17-20(19-13-25(31)23(15-33-12-11-32)27(14-19)40-4)7-5-8-21(17)22-9-6-10-26(18(22)2)35-28(37)24-16-34-30(39)36(3)29(24)38/h5-10,13-14,24,33H,11-12,15-16,32H2,1-4H3,(H,34,39)(H,35,37). The second kappa shape index (κ2) is 12.3. The molecule has 0 aliphatic carbocycles. The Bertz CT molecular complexity index is 1460. The molecule has 0 radical (unpaired) electrons. The maximum atomic E-state index is 15.2. The number of halogens is 1. The van der Waals surface area contributed by atoms with Gasteiger partial charge >= 0.3 is 6.03 Å². The van der Waals surface area contributed by atoms with Gasteiger partial charge in [0.15, 0.2) is 0 Å². The maximum absolute atomic E-state index is 15.2. The van der Waals surface area contributed by atoms with Gasteiger partial charge in [-0.3, -0.25) is 14.5 Å². The quantitative estimate of drug-likeness (QED) is 0.240. The molecule has 1 saturated heterocycles. The first-order valence-corrected chi connectivity index (χ1v) is 13.0. The molecule has 0 saturated carbocycles. The zero-order valence-corrected chi connectivity index (χ0v) is 23.1. The van der Waals surface area contributed by atoms with Crippen molar-refractivity contribution in [2.75, 3.05) is 39.1 Å². The van der Waals surface area contributed by atoms with E-state index in [-0.39, 0.29) is 12.4 Å². The van der Waals surface area contributed by atoms with E-state index in [9.17, 15) is 14.4 Å². The molecular weight excluding hydrogens is 513 g/mol. The Labute approximate surface area is 232 Å². The predicted molar refractivity (Wildman–Crippen MR) is 152 cm³/mol. The van der Waals surface area contributed by atoms with Crippen LogP contribution in [0.1, 0.15) is 16.7 Å². The van der Waals surface area contributed by atoms with Crippen molar-refractivity contribution < 1.29 is 23.5 Å². The number of nitrogens with two attached hydrogens (primary N) is 1. The summed E-state index contributed by atoms with van der Waals surface area (Å²) < 4.78 is 20.7. The molecule has 1 aliphatic rings. The number of anilines is 1. The molecule has 1 unspecified atom stereocenters. The van der Waals surface area contributed by atoms with Crippen molar-refractivity contribution in [3.8, 4) is 28.0 Å². The summed E-state index contributed by atoms with van der Waals surface area (Å²) in [5.41, 5.74) is 11.6. The van der Waals surface area contributed by atoms with Gasteiger partial charge in [0.2, 0.25) is 11.8 Å². The van der Waals surface area contributed by atoms with Crippen molar-refractivity contribution in [3.63, 3.8) is 0 Å². The molecule has 0 bridgehead atoms. The summed E-state index contributed by atoms with van der Waals surface area (Å²) in [4.78, 5) is 38.1. The molecule has 10 heteroatoms. The third-order valence-electron chi connectivity index (χ3n) is 7.23. The minimum absolute atomic E-state index is 0.0599. The molecule has 3 aromatic rings. The molecule has 5 N–H and O–H groups in total. The molecule has 1 aliphatic heterocycles. The summed E-state index contributed by atoms with van der Waals surface area (Å²) in [5, 5.41) is 8.51. The van der Waals surface area contributed by atoms with Gasteiger partial charge in [-0.2, -0.15) is 0 Å². The van der Waals surface area contributed by atoms with Crippen molar-refractivity contribution in [1.82, 2.24) is 15.5 Å². The van der Waals surface area contributed by atoms with Gasteiger partial charge in [0, 0.05) is 44.5 Å². The summed E-state index contributed by atoms with van der Waals surface area (Å²) in [6.07, 6.45) is 0. The fourth-order valence-corrected chi connectivity index (χ4v) is 4.89. The fraction of sp³-hybridized carbons (Fsp3) is 0.300. The number of nitrogens with one attached hydrogen (secondary N) is 3. The minimum Gasteiger partial charge on any atom is -0.496 e. The molecule has 0 aromatic heterocycles. The summed E-state index contributed by atoms with van der Waals surface area (Å²) in [5.74, 6) is -1.99. The van der Waals surface area contributed by atoms with E-state index in [1.54, 1.807) is 6.07 Å². The first-order chi connectivity index (χ1) is 19.2. The third-order valence-corrected chi connectivity index (χ3v) is 7.23. The average molecular weight is 548 g/mol. The van der Waals surface area contributed by atoms with Crippen molar-refractivity contribution in [2.45, 2.75) is 20.4 Å². The van der Waals surface area contributed by atoms with Gasteiger partial charge in [0.05, 0.1) is 7.11 Å². The van der Waals surface area contributed by atoms with E-state index in [0.717, 1.165) is 32.7 Å². The zero-order chi connectivity index (χ0) is 29.0. The Morgan fingerprint density at radius 2 is 1.77 bits per heavy atom. The van der Waals surface area contributed by atoms with Crippen LogP contribution in [0.15, 0.2) is 48.5 Å². The summed E-state index contributed by atoms with van der Waals surface area (Å²) >= 11 is 0. The highest BCUT2D eigenvalue weighted by molar-refractivity contribution is 6.12. The van der Waals surface area contributed by atoms with E-state index in [1.807, 2.05) is 50.2 Å². The van der Waals surface area contributed by atoms with Crippen LogP contribution in [0.3, 0.4) is 0 Å². The Morgan fingerprint density at radius 1 is 1.10 bits per heavy atom. The molecule has 40 heavy (non-hydrogen) atoms. The van der Waals surface area contributed by atoms with E-state index in [2.05, 4.69) is 16.0 Å². The molecule has 4 rings (SSSR count). The number of amides is 4. The predicted octanol–water partition coefficient (Wildman–Crippen LogP) is 3.57. The van der Waals surface area contributed by atoms with Crippen molar-refractivity contribution in [1.29, 1.82) is 0 Å². The van der Waals surface area contributed by atoms with Crippen molar-refractivity contribution in [2.24, 2.45) is 11.7 Å². The van der Waals surface area contributed by atoms with E-state index in [4.69, 9.17) is 10.5 Å². The van der Waals surface area contributed by atoms with Gasteiger partial charge in [-0.1, -0.05) is 30.3 Å². The molecule has 1 atom stereocenters. The van der Waals surface area contributed by atoms with Crippen LogP contribution in [0.5, 0.6) is 5.75 Å². The number of nitrogens with zero attached hydrogens (tertiary/aromatic N) is 1. The summed E-state index contributed by atoms with van der Waals surface area (Å²) in [6, 6.07) is 14.2. The number of rotatable bonds is 9. The fourth-order valence-electron chi connectivity index (χ4n) is 4.89. The number of carbonyl (C=O) groups excluding carboxylic acids is 3. The third kappa shape index (κ3) is 5.68. The van der Waals surface area contributed by atoms with Gasteiger partial charge < -0.3 is 26.4 Å². The van der Waals surface area contributed by atoms with Gasteiger partial charge in [0.1, 0.15) is 17.5 Å². The maximum Gasteiger partial charge on any atom is 0.323 e. The van der Waals surface area contributed by atoms with Crippen LogP contribution in [0, 0.1) is 25.6 Å². The van der Waals surface area contributed by atoms with Crippen molar-refractivity contribution >= 4 is 23.5 Å². The molecule has 1 heterocycles. The number of hydrogen-bond acceptors (Lipinski definition) is 6. The smallest absolute Gasteiger partial charge is 0.323 e. The molecule has 9 nitrogen and oxygen atoms in total. The number of benzene rings is 3. The molecule has 1 fully saturated rings. The van der Waals surface area contributed by atoms with Crippen LogP contribution in [0.25, 0.3) is 22.3 Å². The molecule has 0 spiro atoms. The molecular formula is C30H34FN5O4. The summed E-state index contributed by atoms with van der Waals surface area (Å²) in [7, 11) is 2.86. The Morgan fingerprint density at radius 3 is 2.48 bits per heavy atom. The van der Waals surface area contributed by atoms with Crippen molar-refractivity contribution in [3.05, 3.63) is 71.0 Å². The van der Waals surface area contributed by atoms with Crippen LogP contribution < -0.4 is 26.4 Å². The number of carbonyl (C=O) groups is 3. The second-order valence-electron chi connectivity index (χ2n) is 9.69. The van der Waals surface area contributed by atoms with Gasteiger partial charge in [-0.25, -0.2) is 9.18 Å². The van der Waals surface area contributed by atoms with Gasteiger partial charge in [-0.05, 0) is 65.4 Å². The molecule has 4 amide bonds. The minimum atomic E-state index is -1.02. The zero-order valence-electron chi connectivity index (χ0n) is 23.1. The van der Waals surface area contributed by atoms with E-state index in [0.29, 0.717) is 42.2 Å². The highest BCUT2D eigenvalue weighted by atomic mass is 19.1. The number of ether oxygens (including phenoxy) is 1. The summed E-state index contributed by atoms with van der Waals surface area (Å²) in [6.45, 7) is 5.12. The lowest BCUT2D eigenvalue weighted by atomic mass is 9.90. The topological polar surface area (TPSA) is 126 Å². The van der Waals surface area contributed by atoms with Gasteiger partial charge in [0.25, 0.3) is 0 Å². The lowest BCUT2D eigenvalue weighted by molar-refractivity contribution is -0.138. The van der Waals surface area contributed by atoms with E-state index >= 15 is 4.39 Å². The Balaban J connectivity index is 1.65. The normalized spacial score (nSPS) is 15.2. The first-order valence-electron chi connectivity index (χ1n) is 13.0. The molecule has 210 valence electrons. The highest BCUT2D eigenvalue weighted by Crippen LogP contribution is 2.37. The van der Waals surface area contributed by atoms with Crippen LogP contribution in [-0.4, -0.2) is 56.5 Å². The largest absolute Gasteiger partial charge is 0.496 e. The second-order valence-corrected chi connectivity index (χ2v) is 9.69. The SMILES string of the molecule is COc1cc(-c2cccc(-c3cccc(NC(=O)C4CNC(=O)N(C)C4=O)c3C)c2C)cc(F)c1CNCCN. The molecule has 3 aromatic carbocycles. The number of urea groups is 1. The van der Waals surface area contributed by atoms with E-state index in [1.165, 1.54) is 20.2 Å². The van der Waals surface area contributed by atoms with Crippen LogP contribution in [0.4, 0.5) is 14.9 Å². The van der Waals surface area contributed by atoms with E-state index < -0.39 is 23.8 Å². The average Bonchev–Trinajstić information content (AvgIpc) is 2.94. The van der Waals surface area contributed by atoms with Gasteiger partial charge in [-0.15, -0.1) is 0 Å². The number of imide groups is 1. The lowest BCUT2D eigenvalue weighted by Crippen LogP contribution is -2.56. The Hall–Kier alpha value is -4.28. The Kier molecular flexibility index (Phi) is 8.81. The number of methoxy groups -OCH3 is 1.